The summed E-state index contributed by atoms with van der Waals surface area (Å²) in [6.45, 7) is 1.61. The molecule has 0 aliphatic carbocycles. The summed E-state index contributed by atoms with van der Waals surface area (Å²) in [6.07, 6.45) is 3.02. The average molecular weight is 283 g/mol. The average Bonchev–Trinajstić information content (AvgIpc) is 2.39. The number of benzene rings is 1. The van der Waals surface area contributed by atoms with E-state index in [1.54, 1.807) is 17.4 Å². The highest BCUT2D eigenvalue weighted by atomic mass is 32.2. The van der Waals surface area contributed by atoms with E-state index in [1.807, 2.05) is 18.2 Å². The van der Waals surface area contributed by atoms with Crippen LogP contribution in [0.15, 0.2) is 24.3 Å². The molecule has 0 bridgehead atoms. The number of piperidine rings is 1. The SMILES string of the molecule is CN(Cc1cccc(N)c1)S(=O)(=O)N1CCCCC1. The number of hydrogen-bond donors (Lipinski definition) is 1. The Morgan fingerprint density at radius 1 is 1.26 bits per heavy atom. The molecule has 0 aromatic heterocycles. The lowest BCUT2D eigenvalue weighted by molar-refractivity contribution is 0.314. The molecule has 1 aromatic carbocycles. The van der Waals surface area contributed by atoms with Gasteiger partial charge in [0.25, 0.3) is 10.2 Å². The maximum Gasteiger partial charge on any atom is 0.282 e. The normalized spacial score (nSPS) is 17.8. The Hall–Kier alpha value is -1.11. The van der Waals surface area contributed by atoms with Gasteiger partial charge in [0.2, 0.25) is 0 Å². The third kappa shape index (κ3) is 3.46. The molecule has 2 N–H and O–H groups in total. The molecule has 106 valence electrons. The van der Waals surface area contributed by atoms with Crippen LogP contribution in [0.5, 0.6) is 0 Å². The van der Waals surface area contributed by atoms with Gasteiger partial charge in [0.05, 0.1) is 0 Å². The third-order valence-corrected chi connectivity index (χ3v) is 5.33. The van der Waals surface area contributed by atoms with E-state index in [9.17, 15) is 8.42 Å². The van der Waals surface area contributed by atoms with Gasteiger partial charge in [0, 0.05) is 32.4 Å². The lowest BCUT2D eigenvalue weighted by Gasteiger charge is -2.30. The molecule has 0 amide bonds. The molecule has 5 nitrogen and oxygen atoms in total. The number of rotatable bonds is 4. The highest BCUT2D eigenvalue weighted by molar-refractivity contribution is 7.86. The van der Waals surface area contributed by atoms with Crippen LogP contribution >= 0.6 is 0 Å². The van der Waals surface area contributed by atoms with Crippen molar-refractivity contribution in [2.45, 2.75) is 25.8 Å². The molecular formula is C13H21N3O2S. The van der Waals surface area contributed by atoms with E-state index in [4.69, 9.17) is 5.73 Å². The molecule has 19 heavy (non-hydrogen) atoms. The van der Waals surface area contributed by atoms with Crippen molar-refractivity contribution in [1.29, 1.82) is 0 Å². The van der Waals surface area contributed by atoms with Crippen molar-refractivity contribution in [1.82, 2.24) is 8.61 Å². The van der Waals surface area contributed by atoms with Crippen LogP contribution in [0.4, 0.5) is 5.69 Å². The van der Waals surface area contributed by atoms with Crippen LogP contribution in [0, 0.1) is 0 Å². The van der Waals surface area contributed by atoms with Gasteiger partial charge in [-0.1, -0.05) is 18.6 Å². The maximum absolute atomic E-state index is 12.4. The summed E-state index contributed by atoms with van der Waals surface area (Å²) in [5.74, 6) is 0. The maximum atomic E-state index is 12.4. The fourth-order valence-corrected chi connectivity index (χ4v) is 3.75. The van der Waals surface area contributed by atoms with Gasteiger partial charge >= 0.3 is 0 Å². The summed E-state index contributed by atoms with van der Waals surface area (Å²) in [5.41, 5.74) is 7.27. The lowest BCUT2D eigenvalue weighted by Crippen LogP contribution is -2.44. The van der Waals surface area contributed by atoms with E-state index in [0.29, 0.717) is 25.3 Å². The second kappa shape index (κ2) is 5.90. The molecule has 6 heteroatoms. The van der Waals surface area contributed by atoms with Gasteiger partial charge in [-0.3, -0.25) is 0 Å². The van der Waals surface area contributed by atoms with Gasteiger partial charge in [-0.15, -0.1) is 0 Å². The summed E-state index contributed by atoms with van der Waals surface area (Å²) in [5, 5.41) is 0. The van der Waals surface area contributed by atoms with Crippen molar-refractivity contribution in [2.75, 3.05) is 25.9 Å². The quantitative estimate of drug-likeness (QED) is 0.850. The minimum absolute atomic E-state index is 0.351. The number of nitrogens with zero attached hydrogens (tertiary/aromatic N) is 2. The summed E-state index contributed by atoms with van der Waals surface area (Å²) >= 11 is 0. The summed E-state index contributed by atoms with van der Waals surface area (Å²) in [7, 11) is -1.73. The zero-order valence-corrected chi connectivity index (χ0v) is 12.1. The molecule has 1 fully saturated rings. The van der Waals surface area contributed by atoms with Crippen molar-refractivity contribution in [2.24, 2.45) is 0 Å². The predicted molar refractivity (Wildman–Crippen MR) is 76.7 cm³/mol. The largest absolute Gasteiger partial charge is 0.399 e. The van der Waals surface area contributed by atoms with Gasteiger partial charge in [0.1, 0.15) is 0 Å². The van der Waals surface area contributed by atoms with E-state index in [-0.39, 0.29) is 0 Å². The molecule has 1 saturated heterocycles. The number of hydrogen-bond acceptors (Lipinski definition) is 3. The lowest BCUT2D eigenvalue weighted by atomic mass is 10.2. The first-order valence-electron chi connectivity index (χ1n) is 6.56. The molecule has 1 aromatic rings. The standard InChI is InChI=1S/C13H21N3O2S/c1-15(11-12-6-5-7-13(14)10-12)19(17,18)16-8-3-2-4-9-16/h5-7,10H,2-4,8-9,11,14H2,1H3. The smallest absolute Gasteiger partial charge is 0.282 e. The Labute approximate surface area is 115 Å². The molecule has 1 aliphatic heterocycles. The van der Waals surface area contributed by atoms with Gasteiger partial charge in [-0.25, -0.2) is 0 Å². The van der Waals surface area contributed by atoms with Crippen molar-refractivity contribution in [3.05, 3.63) is 29.8 Å². The van der Waals surface area contributed by atoms with E-state index in [2.05, 4.69) is 0 Å². The number of nitrogens with two attached hydrogens (primary N) is 1. The summed E-state index contributed by atoms with van der Waals surface area (Å²) in [4.78, 5) is 0. The van der Waals surface area contributed by atoms with E-state index >= 15 is 0 Å². The highest BCUT2D eigenvalue weighted by Crippen LogP contribution is 2.17. The minimum Gasteiger partial charge on any atom is -0.399 e. The van der Waals surface area contributed by atoms with Gasteiger partial charge in [0.15, 0.2) is 0 Å². The van der Waals surface area contributed by atoms with E-state index in [1.165, 1.54) is 4.31 Å². The zero-order chi connectivity index (χ0) is 13.9. The zero-order valence-electron chi connectivity index (χ0n) is 11.2. The van der Waals surface area contributed by atoms with Crippen LogP contribution in [0.3, 0.4) is 0 Å². The van der Waals surface area contributed by atoms with Crippen LogP contribution in [0.2, 0.25) is 0 Å². The summed E-state index contributed by atoms with van der Waals surface area (Å²) < 4.78 is 27.8. The van der Waals surface area contributed by atoms with Crippen LogP contribution in [0.1, 0.15) is 24.8 Å². The molecule has 0 spiro atoms. The van der Waals surface area contributed by atoms with Crippen LogP contribution in [-0.2, 0) is 16.8 Å². The Morgan fingerprint density at radius 3 is 2.58 bits per heavy atom. The van der Waals surface area contributed by atoms with Crippen LogP contribution < -0.4 is 5.73 Å². The highest BCUT2D eigenvalue weighted by Gasteiger charge is 2.27. The molecular weight excluding hydrogens is 262 g/mol. The van der Waals surface area contributed by atoms with Gasteiger partial charge < -0.3 is 5.73 Å². The first-order chi connectivity index (χ1) is 9.00. The van der Waals surface area contributed by atoms with Crippen molar-refractivity contribution in [3.63, 3.8) is 0 Å². The Bertz CT molecular complexity index is 524. The van der Waals surface area contributed by atoms with Crippen molar-refractivity contribution < 1.29 is 8.42 Å². The predicted octanol–water partition coefficient (Wildman–Crippen LogP) is 1.43. The van der Waals surface area contributed by atoms with Crippen molar-refractivity contribution >= 4 is 15.9 Å². The molecule has 2 rings (SSSR count). The molecule has 1 aliphatic rings. The third-order valence-electron chi connectivity index (χ3n) is 3.39. The number of anilines is 1. The molecule has 1 heterocycles. The fraction of sp³-hybridized carbons (Fsp3) is 0.538. The fourth-order valence-electron chi connectivity index (χ4n) is 2.32. The van der Waals surface area contributed by atoms with Crippen molar-refractivity contribution in [3.8, 4) is 0 Å². The van der Waals surface area contributed by atoms with Crippen LogP contribution in [0.25, 0.3) is 0 Å². The van der Waals surface area contributed by atoms with E-state index in [0.717, 1.165) is 24.8 Å². The topological polar surface area (TPSA) is 66.6 Å². The molecule has 0 radical (unpaired) electrons. The van der Waals surface area contributed by atoms with E-state index < -0.39 is 10.2 Å². The molecule has 0 atom stereocenters. The number of nitrogen functional groups attached to an aromatic ring is 1. The first-order valence-corrected chi connectivity index (χ1v) is 7.95. The monoisotopic (exact) mass is 283 g/mol. The minimum atomic E-state index is -3.35. The Balaban J connectivity index is 2.07. The molecule has 0 unspecified atom stereocenters. The van der Waals surface area contributed by atoms with Gasteiger partial charge in [-0.2, -0.15) is 17.0 Å². The van der Waals surface area contributed by atoms with Gasteiger partial charge in [-0.05, 0) is 30.5 Å². The Morgan fingerprint density at radius 2 is 1.95 bits per heavy atom. The Kier molecular flexibility index (Phi) is 4.44. The second-order valence-corrected chi connectivity index (χ2v) is 7.00. The molecule has 0 saturated carbocycles. The second-order valence-electron chi connectivity index (χ2n) is 4.97. The summed E-state index contributed by atoms with van der Waals surface area (Å²) in [6, 6.07) is 7.33. The van der Waals surface area contributed by atoms with Crippen LogP contribution in [-0.4, -0.2) is 37.2 Å². The first kappa shape index (κ1) is 14.3.